The van der Waals surface area contributed by atoms with Crippen molar-refractivity contribution in [2.75, 3.05) is 13.7 Å². The summed E-state index contributed by atoms with van der Waals surface area (Å²) in [6.07, 6.45) is 0.326. The molecule has 0 aliphatic carbocycles. The number of esters is 1. The Bertz CT molecular complexity index is 866. The molecule has 0 amide bonds. The van der Waals surface area contributed by atoms with Crippen molar-refractivity contribution < 1.29 is 22.3 Å². The highest BCUT2D eigenvalue weighted by Crippen LogP contribution is 2.28. The lowest BCUT2D eigenvalue weighted by Gasteiger charge is -2.18. The molecule has 0 aromatic heterocycles. The fourth-order valence-electron chi connectivity index (χ4n) is 2.43. The molecule has 0 bridgehead atoms. The highest BCUT2D eigenvalue weighted by atomic mass is 35.5. The van der Waals surface area contributed by atoms with E-state index in [9.17, 15) is 17.6 Å². The van der Waals surface area contributed by atoms with Crippen LogP contribution in [0.5, 0.6) is 0 Å². The van der Waals surface area contributed by atoms with Gasteiger partial charge in [-0.3, -0.25) is 0 Å². The van der Waals surface area contributed by atoms with Crippen LogP contribution >= 0.6 is 23.2 Å². The van der Waals surface area contributed by atoms with Gasteiger partial charge in [-0.2, -0.15) is 4.31 Å². The average molecular weight is 434 g/mol. The second-order valence-corrected chi connectivity index (χ2v) is 7.72. The molecule has 0 aliphatic rings. The standard InChI is InChI=1S/C18H18Cl2FNO4S/c1-26-18(23)13-4-2-12(3-5-13)11-22(27(24)25)9-8-15(19)14-6-7-17(21)16(20)10-14/h2-7,10,15,27H,8-9,11H2,1H3. The van der Waals surface area contributed by atoms with Crippen LogP contribution in [0.15, 0.2) is 42.5 Å². The van der Waals surface area contributed by atoms with Crippen molar-refractivity contribution >= 4 is 40.1 Å². The highest BCUT2D eigenvalue weighted by molar-refractivity contribution is 7.69. The SMILES string of the molecule is COC(=O)c1ccc(CN(CCC(Cl)c2ccc(F)c(Cl)c2)[SH](=O)=O)cc1. The van der Waals surface area contributed by atoms with Gasteiger partial charge in [0.1, 0.15) is 5.82 Å². The van der Waals surface area contributed by atoms with Crippen LogP contribution in [0.25, 0.3) is 0 Å². The normalized spacial score (nSPS) is 12.4. The van der Waals surface area contributed by atoms with Crippen LogP contribution in [0.3, 0.4) is 0 Å². The van der Waals surface area contributed by atoms with Gasteiger partial charge in [0.15, 0.2) is 0 Å². The Balaban J connectivity index is 2.01. The largest absolute Gasteiger partial charge is 0.465 e. The summed E-state index contributed by atoms with van der Waals surface area (Å²) in [6.45, 7) is 0.328. The Hall–Kier alpha value is -1.67. The van der Waals surface area contributed by atoms with Gasteiger partial charge in [-0.1, -0.05) is 29.8 Å². The van der Waals surface area contributed by atoms with Gasteiger partial charge in [0.2, 0.25) is 10.9 Å². The molecule has 27 heavy (non-hydrogen) atoms. The summed E-state index contributed by atoms with van der Waals surface area (Å²) in [4.78, 5) is 11.4. The molecule has 9 heteroatoms. The van der Waals surface area contributed by atoms with Crippen LogP contribution in [0.1, 0.15) is 33.3 Å². The smallest absolute Gasteiger partial charge is 0.337 e. The van der Waals surface area contributed by atoms with Crippen LogP contribution < -0.4 is 0 Å². The number of thiol groups is 1. The van der Waals surface area contributed by atoms with Gasteiger partial charge in [-0.05, 0) is 41.8 Å². The Morgan fingerprint density at radius 2 is 1.89 bits per heavy atom. The predicted molar refractivity (Wildman–Crippen MR) is 103 cm³/mol. The van der Waals surface area contributed by atoms with Crippen LogP contribution in [-0.4, -0.2) is 32.3 Å². The summed E-state index contributed by atoms with van der Waals surface area (Å²) < 4.78 is 42.2. The lowest BCUT2D eigenvalue weighted by atomic mass is 10.1. The molecule has 1 atom stereocenters. The van der Waals surface area contributed by atoms with Crippen LogP contribution in [0, 0.1) is 5.82 Å². The molecule has 0 N–H and O–H groups in total. The number of carbonyl (C=O) groups excluding carboxylic acids is 1. The molecule has 0 saturated heterocycles. The number of benzene rings is 2. The van der Waals surface area contributed by atoms with Crippen molar-refractivity contribution in [2.24, 2.45) is 0 Å². The van der Waals surface area contributed by atoms with Crippen molar-refractivity contribution in [3.63, 3.8) is 0 Å². The Morgan fingerprint density at radius 3 is 2.44 bits per heavy atom. The van der Waals surface area contributed by atoms with Crippen molar-refractivity contribution in [1.82, 2.24) is 4.31 Å². The number of alkyl halides is 1. The second-order valence-electron chi connectivity index (χ2n) is 5.74. The zero-order valence-corrected chi connectivity index (χ0v) is 16.8. The maximum atomic E-state index is 13.2. The molecule has 5 nitrogen and oxygen atoms in total. The number of carbonyl (C=O) groups is 1. The first kappa shape index (κ1) is 21.6. The quantitative estimate of drug-likeness (QED) is 0.388. The molecule has 2 aromatic carbocycles. The summed E-state index contributed by atoms with van der Waals surface area (Å²) in [6, 6.07) is 10.6. The summed E-state index contributed by atoms with van der Waals surface area (Å²) in [5.74, 6) is -1.000. The molecule has 146 valence electrons. The van der Waals surface area contributed by atoms with Gasteiger partial charge in [-0.15, -0.1) is 11.6 Å². The van der Waals surface area contributed by atoms with Crippen molar-refractivity contribution in [3.05, 3.63) is 70.0 Å². The topological polar surface area (TPSA) is 63.7 Å². The van der Waals surface area contributed by atoms with Crippen molar-refractivity contribution in [2.45, 2.75) is 18.3 Å². The summed E-state index contributed by atoms with van der Waals surface area (Å²) in [7, 11) is -1.54. The van der Waals surface area contributed by atoms with E-state index in [1.165, 1.54) is 29.6 Å². The minimum atomic E-state index is -2.82. The summed E-state index contributed by atoms with van der Waals surface area (Å²) in [5, 5.41) is -0.544. The predicted octanol–water partition coefficient (Wildman–Crippen LogP) is 3.96. The first-order valence-corrected chi connectivity index (χ1v) is 9.91. The Morgan fingerprint density at radius 1 is 1.22 bits per heavy atom. The van der Waals surface area contributed by atoms with E-state index >= 15 is 0 Å². The van der Waals surface area contributed by atoms with Crippen LogP contribution in [-0.2, 0) is 22.2 Å². The molecule has 0 spiro atoms. The number of rotatable bonds is 8. The van der Waals surface area contributed by atoms with Crippen molar-refractivity contribution in [3.8, 4) is 0 Å². The third kappa shape index (κ3) is 6.17. The number of halogens is 3. The lowest BCUT2D eigenvalue weighted by molar-refractivity contribution is 0.0600. The maximum Gasteiger partial charge on any atom is 0.337 e. The third-order valence-electron chi connectivity index (χ3n) is 3.92. The zero-order valence-electron chi connectivity index (χ0n) is 14.4. The second kappa shape index (κ2) is 10.0. The fraction of sp³-hybridized carbons (Fsp3) is 0.278. The van der Waals surface area contributed by atoms with Gasteiger partial charge in [0.25, 0.3) is 0 Å². The van der Waals surface area contributed by atoms with Crippen LogP contribution in [0.4, 0.5) is 4.39 Å². The molecular weight excluding hydrogens is 416 g/mol. The summed E-state index contributed by atoms with van der Waals surface area (Å²) >= 11 is 12.0. The Kier molecular flexibility index (Phi) is 8.04. The molecular formula is C18H18Cl2FNO4S. The monoisotopic (exact) mass is 433 g/mol. The van der Waals surface area contributed by atoms with Gasteiger partial charge in [-0.25, -0.2) is 17.6 Å². The highest BCUT2D eigenvalue weighted by Gasteiger charge is 2.15. The van der Waals surface area contributed by atoms with E-state index in [4.69, 9.17) is 23.2 Å². The molecule has 0 saturated carbocycles. The number of methoxy groups -OCH3 is 1. The lowest BCUT2D eigenvalue weighted by Crippen LogP contribution is -2.23. The van der Waals surface area contributed by atoms with E-state index < -0.39 is 28.1 Å². The van der Waals surface area contributed by atoms with Crippen LogP contribution in [0.2, 0.25) is 5.02 Å². The van der Waals surface area contributed by atoms with E-state index in [1.807, 2.05) is 0 Å². The van der Waals surface area contributed by atoms with E-state index in [0.717, 1.165) is 5.56 Å². The number of nitrogens with zero attached hydrogens (tertiary/aromatic N) is 1. The van der Waals surface area contributed by atoms with Crippen molar-refractivity contribution in [1.29, 1.82) is 0 Å². The fourth-order valence-corrected chi connectivity index (χ4v) is 3.41. The Labute approximate surface area is 168 Å². The molecule has 2 rings (SSSR count). The number of hydrogen-bond acceptors (Lipinski definition) is 4. The third-order valence-corrected chi connectivity index (χ3v) is 5.48. The molecule has 2 aromatic rings. The number of ether oxygens (including phenoxy) is 1. The minimum Gasteiger partial charge on any atom is -0.465 e. The molecule has 0 heterocycles. The first-order valence-electron chi connectivity index (χ1n) is 7.97. The molecule has 0 radical (unpaired) electrons. The van der Waals surface area contributed by atoms with E-state index in [2.05, 4.69) is 4.74 Å². The maximum absolute atomic E-state index is 13.2. The first-order chi connectivity index (χ1) is 12.8. The van der Waals surface area contributed by atoms with Gasteiger partial charge in [0, 0.05) is 13.1 Å². The van der Waals surface area contributed by atoms with E-state index in [0.29, 0.717) is 17.5 Å². The van der Waals surface area contributed by atoms with E-state index in [-0.39, 0.29) is 18.1 Å². The van der Waals surface area contributed by atoms with E-state index in [1.54, 1.807) is 24.3 Å². The average Bonchev–Trinajstić information content (AvgIpc) is 2.66. The van der Waals surface area contributed by atoms with Gasteiger partial charge in [0.05, 0.1) is 23.1 Å². The summed E-state index contributed by atoms with van der Waals surface area (Å²) in [5.41, 5.74) is 1.72. The zero-order chi connectivity index (χ0) is 20.0. The minimum absolute atomic E-state index is 0.0318. The van der Waals surface area contributed by atoms with Gasteiger partial charge < -0.3 is 4.74 Å². The van der Waals surface area contributed by atoms with Gasteiger partial charge >= 0.3 is 5.97 Å². The molecule has 1 unspecified atom stereocenters. The molecule has 0 aliphatic heterocycles. The molecule has 0 fully saturated rings. The number of hydrogen-bond donors (Lipinski definition) is 1.